The van der Waals surface area contributed by atoms with Crippen molar-refractivity contribution in [2.45, 2.75) is 12.8 Å². The van der Waals surface area contributed by atoms with E-state index in [2.05, 4.69) is 16.4 Å². The minimum absolute atomic E-state index is 0.0391. The van der Waals surface area contributed by atoms with Crippen molar-refractivity contribution in [1.82, 2.24) is 4.98 Å². The first-order chi connectivity index (χ1) is 14.5. The molecule has 1 saturated heterocycles. The highest BCUT2D eigenvalue weighted by Crippen LogP contribution is 2.29. The molecule has 0 spiro atoms. The Kier molecular flexibility index (Phi) is 5.26. The molecule has 1 atom stereocenters. The molecule has 0 radical (unpaired) electrons. The summed E-state index contributed by atoms with van der Waals surface area (Å²) >= 11 is 0. The van der Waals surface area contributed by atoms with Gasteiger partial charge < -0.3 is 10.2 Å². The second kappa shape index (κ2) is 8.17. The molecule has 8 heteroatoms. The molecule has 2 aromatic carbocycles. The number of nitro benzene ring substituents is 1. The van der Waals surface area contributed by atoms with Crippen molar-refractivity contribution >= 4 is 34.0 Å². The quantitative estimate of drug-likeness (QED) is 0.525. The summed E-state index contributed by atoms with van der Waals surface area (Å²) in [5.41, 5.74) is 1.53. The van der Waals surface area contributed by atoms with Crippen LogP contribution >= 0.6 is 0 Å². The van der Waals surface area contributed by atoms with Crippen molar-refractivity contribution in [2.75, 3.05) is 23.3 Å². The van der Waals surface area contributed by atoms with Crippen LogP contribution in [0.5, 0.6) is 0 Å². The highest BCUT2D eigenvalue weighted by molar-refractivity contribution is 5.93. The highest BCUT2D eigenvalue weighted by Gasteiger charge is 2.27. The molecule has 30 heavy (non-hydrogen) atoms. The fourth-order valence-corrected chi connectivity index (χ4v) is 3.73. The number of nitriles is 1. The average molecular weight is 401 g/mol. The zero-order chi connectivity index (χ0) is 21.1. The Hall–Kier alpha value is -3.99. The number of hydrogen-bond donors (Lipinski definition) is 1. The van der Waals surface area contributed by atoms with Gasteiger partial charge in [0.05, 0.1) is 28.0 Å². The number of nitro groups is 1. The van der Waals surface area contributed by atoms with Gasteiger partial charge in [-0.2, -0.15) is 5.26 Å². The summed E-state index contributed by atoms with van der Waals surface area (Å²) < 4.78 is 0. The van der Waals surface area contributed by atoms with Gasteiger partial charge >= 0.3 is 0 Å². The zero-order valence-electron chi connectivity index (χ0n) is 16.1. The maximum Gasteiger partial charge on any atom is 0.270 e. The third kappa shape index (κ3) is 3.91. The molecule has 1 fully saturated rings. The Bertz CT molecular complexity index is 1160. The van der Waals surface area contributed by atoms with Gasteiger partial charge in [0.15, 0.2) is 0 Å². The molecule has 2 heterocycles. The number of fused-ring (bicyclic) bond motifs is 1. The van der Waals surface area contributed by atoms with E-state index in [1.807, 2.05) is 35.2 Å². The topological polar surface area (TPSA) is 112 Å². The van der Waals surface area contributed by atoms with Crippen LogP contribution in [-0.4, -0.2) is 28.9 Å². The average Bonchev–Trinajstić information content (AvgIpc) is 2.78. The van der Waals surface area contributed by atoms with Crippen LogP contribution in [0.15, 0.2) is 54.6 Å². The van der Waals surface area contributed by atoms with Crippen molar-refractivity contribution in [1.29, 1.82) is 5.26 Å². The summed E-state index contributed by atoms with van der Waals surface area (Å²) in [4.78, 5) is 29.9. The van der Waals surface area contributed by atoms with Crippen molar-refractivity contribution in [3.05, 3.63) is 70.3 Å². The molecule has 4 rings (SSSR count). The number of carbonyl (C=O) groups excluding carboxylic acids is 1. The second-order valence-electron chi connectivity index (χ2n) is 7.24. The molecule has 150 valence electrons. The van der Waals surface area contributed by atoms with Crippen LogP contribution in [0, 0.1) is 27.4 Å². The SMILES string of the molecule is N#Cc1cc(N2CCCC(C(=O)Nc3ccccc3)C2)nc2ccc([N+](=O)[O-])cc12. The molecule has 0 saturated carbocycles. The van der Waals surface area contributed by atoms with Crippen LogP contribution < -0.4 is 10.2 Å². The van der Waals surface area contributed by atoms with Crippen molar-refractivity contribution < 1.29 is 9.72 Å². The molecular weight excluding hydrogens is 382 g/mol. The van der Waals surface area contributed by atoms with E-state index >= 15 is 0 Å². The summed E-state index contributed by atoms with van der Waals surface area (Å²) in [5, 5.41) is 24.0. The van der Waals surface area contributed by atoms with E-state index in [0.717, 1.165) is 25.1 Å². The van der Waals surface area contributed by atoms with Gasteiger partial charge in [0.2, 0.25) is 5.91 Å². The normalized spacial score (nSPS) is 16.1. The van der Waals surface area contributed by atoms with Crippen LogP contribution in [0.25, 0.3) is 10.9 Å². The summed E-state index contributed by atoms with van der Waals surface area (Å²) in [5.74, 6) is 0.367. The minimum atomic E-state index is -0.491. The number of anilines is 2. The molecule has 1 aliphatic rings. The molecule has 1 aliphatic heterocycles. The standard InChI is InChI=1S/C22H19N5O3/c23-13-16-11-21(25-20-9-8-18(27(29)30)12-19(16)20)26-10-4-5-15(14-26)22(28)24-17-6-2-1-3-7-17/h1-3,6-9,11-12,15H,4-5,10,14H2,(H,24,28). The van der Waals surface area contributed by atoms with Gasteiger partial charge in [-0.15, -0.1) is 0 Å². The molecule has 0 aliphatic carbocycles. The molecule has 3 aromatic rings. The number of non-ortho nitro benzene ring substituents is 1. The molecule has 1 amide bonds. The number of rotatable bonds is 4. The lowest BCUT2D eigenvalue weighted by molar-refractivity contribution is -0.384. The van der Waals surface area contributed by atoms with Crippen molar-refractivity contribution in [3.8, 4) is 6.07 Å². The summed E-state index contributed by atoms with van der Waals surface area (Å²) in [6.45, 7) is 1.22. The number of pyridine rings is 1. The van der Waals surface area contributed by atoms with Crippen LogP contribution in [0.2, 0.25) is 0 Å². The maximum atomic E-state index is 12.7. The van der Waals surface area contributed by atoms with Crippen LogP contribution in [0.1, 0.15) is 18.4 Å². The lowest BCUT2D eigenvalue weighted by atomic mass is 9.96. The Morgan fingerprint density at radius 3 is 2.77 bits per heavy atom. The van der Waals surface area contributed by atoms with Crippen molar-refractivity contribution in [3.63, 3.8) is 0 Å². The maximum absolute atomic E-state index is 12.7. The van der Waals surface area contributed by atoms with E-state index in [1.165, 1.54) is 12.1 Å². The van der Waals surface area contributed by atoms with E-state index in [-0.39, 0.29) is 17.5 Å². The third-order valence-corrected chi connectivity index (χ3v) is 5.27. The molecule has 1 unspecified atom stereocenters. The van der Waals surface area contributed by atoms with Crippen molar-refractivity contribution in [2.24, 2.45) is 5.92 Å². The first-order valence-corrected chi connectivity index (χ1v) is 9.65. The predicted molar refractivity (Wildman–Crippen MR) is 113 cm³/mol. The van der Waals surface area contributed by atoms with E-state index in [9.17, 15) is 20.2 Å². The molecule has 1 N–H and O–H groups in total. The smallest absolute Gasteiger partial charge is 0.270 e. The van der Waals surface area contributed by atoms with Crippen LogP contribution in [0.4, 0.5) is 17.2 Å². The zero-order valence-corrected chi connectivity index (χ0v) is 16.1. The monoisotopic (exact) mass is 401 g/mol. The number of aromatic nitrogens is 1. The third-order valence-electron chi connectivity index (χ3n) is 5.27. The highest BCUT2D eigenvalue weighted by atomic mass is 16.6. The molecule has 1 aromatic heterocycles. The molecule has 0 bridgehead atoms. The summed E-state index contributed by atoms with van der Waals surface area (Å²) in [6.07, 6.45) is 1.61. The number of benzene rings is 2. The number of para-hydroxylation sites is 1. The van der Waals surface area contributed by atoms with Gasteiger partial charge in [-0.25, -0.2) is 4.98 Å². The number of nitrogens with one attached hydrogen (secondary N) is 1. The first-order valence-electron chi connectivity index (χ1n) is 9.65. The number of carbonyl (C=O) groups is 1. The van der Waals surface area contributed by atoms with Gasteiger partial charge in [0.1, 0.15) is 5.82 Å². The Morgan fingerprint density at radius 2 is 2.03 bits per heavy atom. The first kappa shape index (κ1) is 19.3. The largest absolute Gasteiger partial charge is 0.356 e. The molecular formula is C22H19N5O3. The van der Waals surface area contributed by atoms with Crippen LogP contribution in [-0.2, 0) is 4.79 Å². The fraction of sp³-hybridized carbons (Fsp3) is 0.227. The van der Waals surface area contributed by atoms with Gasteiger partial charge in [0.25, 0.3) is 5.69 Å². The van der Waals surface area contributed by atoms with E-state index in [0.29, 0.717) is 28.8 Å². The van der Waals surface area contributed by atoms with Gasteiger partial charge in [-0.1, -0.05) is 18.2 Å². The lowest BCUT2D eigenvalue weighted by Gasteiger charge is -2.33. The molecule has 8 nitrogen and oxygen atoms in total. The number of hydrogen-bond acceptors (Lipinski definition) is 6. The van der Waals surface area contributed by atoms with Gasteiger partial charge in [-0.05, 0) is 37.1 Å². The Morgan fingerprint density at radius 1 is 1.23 bits per heavy atom. The lowest BCUT2D eigenvalue weighted by Crippen LogP contribution is -2.41. The predicted octanol–water partition coefficient (Wildman–Crippen LogP) is 3.87. The Labute approximate surface area is 172 Å². The van der Waals surface area contributed by atoms with Crippen LogP contribution in [0.3, 0.4) is 0 Å². The minimum Gasteiger partial charge on any atom is -0.356 e. The van der Waals surface area contributed by atoms with Gasteiger partial charge in [-0.3, -0.25) is 14.9 Å². The fourth-order valence-electron chi connectivity index (χ4n) is 3.73. The van der Waals surface area contributed by atoms with E-state index < -0.39 is 4.92 Å². The Balaban J connectivity index is 1.58. The summed E-state index contributed by atoms with van der Waals surface area (Å²) in [6, 6.07) is 17.4. The number of nitrogens with zero attached hydrogens (tertiary/aromatic N) is 4. The van der Waals surface area contributed by atoms with Gasteiger partial charge in [0, 0.05) is 36.3 Å². The second-order valence-corrected chi connectivity index (χ2v) is 7.24. The van der Waals surface area contributed by atoms with E-state index in [1.54, 1.807) is 12.1 Å². The number of amides is 1. The summed E-state index contributed by atoms with van der Waals surface area (Å²) in [7, 11) is 0. The number of piperidine rings is 1. The van der Waals surface area contributed by atoms with E-state index in [4.69, 9.17) is 0 Å².